The van der Waals surface area contributed by atoms with Gasteiger partial charge in [-0.25, -0.2) is 8.42 Å². The van der Waals surface area contributed by atoms with E-state index in [-0.39, 0.29) is 12.6 Å². The summed E-state index contributed by atoms with van der Waals surface area (Å²) in [6.07, 6.45) is 4.32. The second-order valence-electron chi connectivity index (χ2n) is 5.64. The molecule has 1 saturated carbocycles. The Morgan fingerprint density at radius 1 is 1.40 bits per heavy atom. The number of aliphatic hydroxyl groups is 1. The maximum atomic E-state index is 12.8. The molecule has 4 nitrogen and oxygen atoms in total. The Balaban J connectivity index is 2.31. The van der Waals surface area contributed by atoms with E-state index in [2.05, 4.69) is 6.92 Å². The van der Waals surface area contributed by atoms with Crippen LogP contribution >= 0.6 is 11.3 Å². The molecular weight excluding hydrogens is 294 g/mol. The van der Waals surface area contributed by atoms with Crippen LogP contribution in [0.15, 0.2) is 11.0 Å². The van der Waals surface area contributed by atoms with Crippen molar-refractivity contribution in [3.8, 4) is 0 Å². The molecule has 0 bridgehead atoms. The summed E-state index contributed by atoms with van der Waals surface area (Å²) in [4.78, 5) is 1.81. The number of aryl methyl sites for hydroxylation is 1. The van der Waals surface area contributed by atoms with Crippen molar-refractivity contribution in [3.05, 3.63) is 15.8 Å². The molecule has 0 radical (unpaired) electrons. The van der Waals surface area contributed by atoms with Crippen LogP contribution < -0.4 is 0 Å². The van der Waals surface area contributed by atoms with Gasteiger partial charge in [-0.05, 0) is 31.7 Å². The minimum Gasteiger partial charge on any atom is -0.391 e. The first-order valence-corrected chi connectivity index (χ1v) is 9.31. The Hall–Kier alpha value is -0.430. The molecule has 1 aliphatic carbocycles. The maximum Gasteiger partial charge on any atom is 0.244 e. The third-order valence-electron chi connectivity index (χ3n) is 4.27. The van der Waals surface area contributed by atoms with Gasteiger partial charge in [-0.3, -0.25) is 0 Å². The summed E-state index contributed by atoms with van der Waals surface area (Å²) >= 11 is 1.35. The van der Waals surface area contributed by atoms with Gasteiger partial charge in [-0.1, -0.05) is 19.8 Å². The van der Waals surface area contributed by atoms with Crippen molar-refractivity contribution in [3.63, 3.8) is 0 Å². The Kier molecular flexibility index (Phi) is 4.89. The molecule has 1 aromatic heterocycles. The van der Waals surface area contributed by atoms with E-state index in [0.717, 1.165) is 24.1 Å². The highest BCUT2D eigenvalue weighted by Crippen LogP contribution is 2.33. The summed E-state index contributed by atoms with van der Waals surface area (Å²) in [5, 5.41) is 9.17. The summed E-state index contributed by atoms with van der Waals surface area (Å²) in [7, 11) is -1.77. The molecule has 1 aliphatic rings. The molecule has 0 spiro atoms. The lowest BCUT2D eigenvalue weighted by atomic mass is 9.86. The molecule has 1 N–H and O–H groups in total. The molecule has 2 unspecified atom stereocenters. The third kappa shape index (κ3) is 2.93. The van der Waals surface area contributed by atoms with E-state index in [9.17, 15) is 13.5 Å². The molecule has 114 valence electrons. The minimum absolute atomic E-state index is 0.0885. The summed E-state index contributed by atoms with van der Waals surface area (Å²) in [6, 6.07) is 1.70. The van der Waals surface area contributed by atoms with Crippen LogP contribution in [0.3, 0.4) is 0 Å². The quantitative estimate of drug-likeness (QED) is 0.929. The highest BCUT2D eigenvalue weighted by Gasteiger charge is 2.34. The molecule has 0 aromatic carbocycles. The Labute approximate surface area is 125 Å². The first-order chi connectivity index (χ1) is 9.37. The fourth-order valence-corrected chi connectivity index (χ4v) is 5.97. The van der Waals surface area contributed by atoms with Gasteiger partial charge < -0.3 is 5.11 Å². The first kappa shape index (κ1) is 15.9. The highest BCUT2D eigenvalue weighted by atomic mass is 32.2. The molecular formula is C14H23NO3S2. The lowest BCUT2D eigenvalue weighted by Gasteiger charge is -2.35. The minimum atomic E-state index is -3.46. The Morgan fingerprint density at radius 2 is 2.05 bits per heavy atom. The predicted molar refractivity (Wildman–Crippen MR) is 81.3 cm³/mol. The molecule has 0 aliphatic heterocycles. The molecule has 6 heteroatoms. The summed E-state index contributed by atoms with van der Waals surface area (Å²) in [6.45, 7) is 3.83. The van der Waals surface area contributed by atoms with Crippen LogP contribution in [0, 0.1) is 12.8 Å². The van der Waals surface area contributed by atoms with Gasteiger partial charge >= 0.3 is 0 Å². The van der Waals surface area contributed by atoms with Gasteiger partial charge in [0, 0.05) is 22.8 Å². The van der Waals surface area contributed by atoms with E-state index < -0.39 is 10.0 Å². The molecule has 20 heavy (non-hydrogen) atoms. The van der Waals surface area contributed by atoms with Crippen LogP contribution in [0.2, 0.25) is 0 Å². The molecule has 2 rings (SSSR count). The first-order valence-electron chi connectivity index (χ1n) is 7.06. The number of nitrogens with zero attached hydrogens (tertiary/aromatic N) is 1. The van der Waals surface area contributed by atoms with Crippen LogP contribution in [0.5, 0.6) is 0 Å². The van der Waals surface area contributed by atoms with Gasteiger partial charge in [0.1, 0.15) is 0 Å². The number of hydrogen-bond acceptors (Lipinski definition) is 4. The second kappa shape index (κ2) is 6.13. The summed E-state index contributed by atoms with van der Waals surface area (Å²) < 4.78 is 27.1. The summed E-state index contributed by atoms with van der Waals surface area (Å²) in [5.41, 5.74) is 0. The van der Waals surface area contributed by atoms with Crippen LogP contribution in [-0.2, 0) is 16.6 Å². The molecule has 0 saturated heterocycles. The van der Waals surface area contributed by atoms with Crippen LogP contribution in [0.4, 0.5) is 0 Å². The van der Waals surface area contributed by atoms with Crippen LogP contribution in [-0.4, -0.2) is 30.9 Å². The van der Waals surface area contributed by atoms with Crippen molar-refractivity contribution >= 4 is 21.4 Å². The lowest BCUT2D eigenvalue weighted by Crippen LogP contribution is -2.42. The average Bonchev–Trinajstić information content (AvgIpc) is 2.80. The SMILES string of the molecule is Cc1sc(CO)cc1S(=O)(=O)N(C)C1CCCCC1C. The molecule has 0 amide bonds. The topological polar surface area (TPSA) is 57.6 Å². The standard InChI is InChI=1S/C14H23NO3S2/c1-10-6-4-5-7-13(10)15(3)20(17,18)14-8-12(9-16)19-11(14)2/h8,10,13,16H,4-7,9H2,1-3H3. The normalized spacial score (nSPS) is 24.2. The largest absolute Gasteiger partial charge is 0.391 e. The monoisotopic (exact) mass is 317 g/mol. The van der Waals surface area contributed by atoms with E-state index in [1.165, 1.54) is 17.8 Å². The smallest absolute Gasteiger partial charge is 0.244 e. The van der Waals surface area contributed by atoms with E-state index in [0.29, 0.717) is 15.7 Å². The predicted octanol–water partition coefficient (Wildman–Crippen LogP) is 2.75. The van der Waals surface area contributed by atoms with Crippen molar-refractivity contribution in [1.82, 2.24) is 4.31 Å². The zero-order chi connectivity index (χ0) is 14.9. The van der Waals surface area contributed by atoms with Gasteiger partial charge in [0.2, 0.25) is 10.0 Å². The summed E-state index contributed by atoms with van der Waals surface area (Å²) in [5.74, 6) is 0.403. The molecule has 1 fully saturated rings. The lowest BCUT2D eigenvalue weighted by molar-refractivity contribution is 0.213. The fourth-order valence-electron chi connectivity index (χ4n) is 3.03. The Bertz CT molecular complexity index is 565. The van der Waals surface area contributed by atoms with E-state index in [4.69, 9.17) is 0 Å². The Morgan fingerprint density at radius 3 is 2.60 bits per heavy atom. The van der Waals surface area contributed by atoms with Crippen molar-refractivity contribution in [1.29, 1.82) is 0 Å². The molecule has 1 aromatic rings. The fraction of sp³-hybridized carbons (Fsp3) is 0.714. The van der Waals surface area contributed by atoms with Crippen molar-refractivity contribution < 1.29 is 13.5 Å². The number of thiophene rings is 1. The number of hydrogen-bond donors (Lipinski definition) is 1. The van der Waals surface area contributed by atoms with Crippen molar-refractivity contribution in [2.24, 2.45) is 5.92 Å². The van der Waals surface area contributed by atoms with Gasteiger partial charge in [-0.2, -0.15) is 4.31 Å². The number of rotatable bonds is 4. The van der Waals surface area contributed by atoms with Gasteiger partial charge in [0.05, 0.1) is 11.5 Å². The highest BCUT2D eigenvalue weighted by molar-refractivity contribution is 7.89. The third-order valence-corrected chi connectivity index (χ3v) is 7.44. The second-order valence-corrected chi connectivity index (χ2v) is 8.95. The van der Waals surface area contributed by atoms with E-state index in [1.807, 2.05) is 0 Å². The van der Waals surface area contributed by atoms with Gasteiger partial charge in [0.15, 0.2) is 0 Å². The average molecular weight is 317 g/mol. The van der Waals surface area contributed by atoms with Crippen molar-refractivity contribution in [2.45, 2.75) is 57.1 Å². The van der Waals surface area contributed by atoms with Gasteiger partial charge in [-0.15, -0.1) is 11.3 Å². The van der Waals surface area contributed by atoms with Crippen LogP contribution in [0.1, 0.15) is 42.4 Å². The molecule has 1 heterocycles. The zero-order valence-electron chi connectivity index (χ0n) is 12.3. The van der Waals surface area contributed by atoms with E-state index >= 15 is 0 Å². The van der Waals surface area contributed by atoms with Gasteiger partial charge in [0.25, 0.3) is 0 Å². The molecule has 2 atom stereocenters. The van der Waals surface area contributed by atoms with Crippen LogP contribution in [0.25, 0.3) is 0 Å². The maximum absolute atomic E-state index is 12.8. The zero-order valence-corrected chi connectivity index (χ0v) is 13.9. The van der Waals surface area contributed by atoms with E-state index in [1.54, 1.807) is 24.3 Å². The van der Waals surface area contributed by atoms with Crippen molar-refractivity contribution in [2.75, 3.05) is 7.05 Å². The number of aliphatic hydroxyl groups excluding tert-OH is 1. The number of sulfonamides is 1.